The third kappa shape index (κ3) is 4.25. The minimum Gasteiger partial charge on any atom is -0.871 e. The molecule has 0 aromatic rings. The highest BCUT2D eigenvalue weighted by atomic mass is 16.6. The highest BCUT2D eigenvalue weighted by Gasteiger charge is 2.38. The molecule has 12 nitrogen and oxygen atoms in total. The van der Waals surface area contributed by atoms with E-state index in [0.717, 1.165) is 0 Å². The summed E-state index contributed by atoms with van der Waals surface area (Å²) in [5, 5.41) is 89.9. The summed E-state index contributed by atoms with van der Waals surface area (Å²) >= 11 is 0. The van der Waals surface area contributed by atoms with Gasteiger partial charge in [-0.2, -0.15) is 0 Å². The molecule has 12 heteroatoms. The first-order chi connectivity index (χ1) is 11.1. The zero-order valence-electron chi connectivity index (χ0n) is 12.1. The van der Waals surface area contributed by atoms with E-state index < -0.39 is 73.2 Å². The molecule has 24 heavy (non-hydrogen) atoms. The van der Waals surface area contributed by atoms with Crippen molar-refractivity contribution in [3.63, 3.8) is 0 Å². The van der Waals surface area contributed by atoms with Crippen molar-refractivity contribution in [2.75, 3.05) is 13.2 Å². The summed E-state index contributed by atoms with van der Waals surface area (Å²) in [5.41, 5.74) is 0. The number of hydrogen-bond acceptors (Lipinski definition) is 12. The molecule has 9 N–H and O–H groups in total. The second-order valence-corrected chi connectivity index (χ2v) is 4.84. The molecule has 0 saturated heterocycles. The summed E-state index contributed by atoms with van der Waals surface area (Å²) in [6.45, 7) is -1.30. The molecule has 0 saturated carbocycles. The van der Waals surface area contributed by atoms with Crippen LogP contribution >= 0.6 is 0 Å². The molecular weight excluding hydrogens is 336 g/mol. The van der Waals surface area contributed by atoms with Gasteiger partial charge in [0.15, 0.2) is 11.5 Å². The van der Waals surface area contributed by atoms with E-state index >= 15 is 0 Å². The van der Waals surface area contributed by atoms with Gasteiger partial charge in [-0.1, -0.05) is 5.76 Å². The van der Waals surface area contributed by atoms with E-state index in [1.807, 2.05) is 0 Å². The Morgan fingerprint density at radius 3 is 1.54 bits per heavy atom. The van der Waals surface area contributed by atoms with Crippen LogP contribution in [0.1, 0.15) is 0 Å². The maximum Gasteiger partial charge on any atom is 0.218 e. The molecule has 2 aliphatic heterocycles. The number of aliphatic hydroxyl groups excluding tert-OH is 9. The van der Waals surface area contributed by atoms with E-state index in [2.05, 4.69) is 9.47 Å². The average molecular weight is 355 g/mol. The lowest BCUT2D eigenvalue weighted by Crippen LogP contribution is -2.35. The maximum absolute atomic E-state index is 10.9. The van der Waals surface area contributed by atoms with Gasteiger partial charge in [-0.05, 0) is 0 Å². The lowest BCUT2D eigenvalue weighted by atomic mass is 10.2. The largest absolute Gasteiger partial charge is 0.871 e. The summed E-state index contributed by atoms with van der Waals surface area (Å²) in [6.07, 6.45) is -8.73. The van der Waals surface area contributed by atoms with Crippen molar-refractivity contribution in [2.24, 2.45) is 0 Å². The Bertz CT molecular complexity index is 444. The fourth-order valence-electron chi connectivity index (χ4n) is 1.80. The summed E-state index contributed by atoms with van der Waals surface area (Å²) in [4.78, 5) is 0. The Morgan fingerprint density at radius 2 is 1.21 bits per heavy atom. The van der Waals surface area contributed by atoms with Crippen molar-refractivity contribution >= 4 is 0 Å². The van der Waals surface area contributed by atoms with Crippen LogP contribution in [0.4, 0.5) is 0 Å². The van der Waals surface area contributed by atoms with Gasteiger partial charge in [-0.15, -0.1) is 0 Å². The predicted octanol–water partition coefficient (Wildman–Crippen LogP) is -4.43. The SMILES string of the molecule is OC[C@H](O)[C@H]1OC(O)C(O)=C1O.[O-]C1=C(O)C(O)O[C@@H]1[C@@H](O)CO. The van der Waals surface area contributed by atoms with Gasteiger partial charge in [0.25, 0.3) is 0 Å². The molecule has 0 spiro atoms. The van der Waals surface area contributed by atoms with Gasteiger partial charge in [-0.25, -0.2) is 0 Å². The first-order valence-electron chi connectivity index (χ1n) is 6.62. The van der Waals surface area contributed by atoms with Gasteiger partial charge in [-0.3, -0.25) is 0 Å². The number of aliphatic hydroxyl groups is 9. The number of ether oxygens (including phenoxy) is 2. The summed E-state index contributed by atoms with van der Waals surface area (Å²) < 4.78 is 8.96. The molecule has 2 unspecified atom stereocenters. The Labute approximate surface area is 135 Å². The monoisotopic (exact) mass is 355 g/mol. The lowest BCUT2D eigenvalue weighted by Gasteiger charge is -2.21. The van der Waals surface area contributed by atoms with Crippen LogP contribution in [0, 0.1) is 0 Å². The molecule has 2 aliphatic rings. The van der Waals surface area contributed by atoms with E-state index in [1.54, 1.807) is 0 Å². The highest BCUT2D eigenvalue weighted by Crippen LogP contribution is 2.24. The maximum atomic E-state index is 10.9. The Morgan fingerprint density at radius 1 is 0.792 bits per heavy atom. The van der Waals surface area contributed by atoms with Crippen LogP contribution in [-0.2, 0) is 9.47 Å². The minimum atomic E-state index is -1.69. The number of rotatable bonds is 4. The van der Waals surface area contributed by atoms with Crippen molar-refractivity contribution < 1.29 is 60.5 Å². The van der Waals surface area contributed by atoms with Crippen LogP contribution in [0.3, 0.4) is 0 Å². The zero-order chi connectivity index (χ0) is 18.6. The van der Waals surface area contributed by atoms with Crippen molar-refractivity contribution in [3.8, 4) is 0 Å². The first kappa shape index (κ1) is 20.4. The predicted molar refractivity (Wildman–Crippen MR) is 69.9 cm³/mol. The molecular formula is C12H19O12-. The normalized spacial score (nSPS) is 32.6. The quantitative estimate of drug-likeness (QED) is 0.233. The van der Waals surface area contributed by atoms with E-state index in [4.69, 9.17) is 46.0 Å². The standard InChI is InChI=1S/2C6H10O6/c2*7-1-2(8)5-3(9)4(10)6(11)12-5/h2*2,5-11H,1H2/p-1/t2*2-,5+,6?/m00/s1. The van der Waals surface area contributed by atoms with Crippen LogP contribution in [0.25, 0.3) is 0 Å². The van der Waals surface area contributed by atoms with Crippen molar-refractivity contribution in [1.82, 2.24) is 0 Å². The van der Waals surface area contributed by atoms with Gasteiger partial charge >= 0.3 is 0 Å². The third-order valence-electron chi connectivity index (χ3n) is 3.13. The van der Waals surface area contributed by atoms with Crippen LogP contribution in [0.15, 0.2) is 23.0 Å². The van der Waals surface area contributed by atoms with E-state index in [-0.39, 0.29) is 0 Å². The van der Waals surface area contributed by atoms with Crippen molar-refractivity contribution in [1.29, 1.82) is 0 Å². The lowest BCUT2D eigenvalue weighted by molar-refractivity contribution is -0.325. The molecule has 0 bridgehead atoms. The Hall–Kier alpha value is -1.64. The zero-order valence-corrected chi connectivity index (χ0v) is 12.1. The van der Waals surface area contributed by atoms with E-state index in [0.29, 0.717) is 0 Å². The number of hydrogen-bond donors (Lipinski definition) is 9. The fourth-order valence-corrected chi connectivity index (χ4v) is 1.80. The van der Waals surface area contributed by atoms with Crippen LogP contribution in [-0.4, -0.2) is 96.2 Å². The highest BCUT2D eigenvalue weighted by molar-refractivity contribution is 5.14. The summed E-state index contributed by atoms with van der Waals surface area (Å²) in [7, 11) is 0. The first-order valence-corrected chi connectivity index (χ1v) is 6.62. The average Bonchev–Trinajstić information content (AvgIpc) is 2.98. The molecule has 0 aromatic carbocycles. The van der Waals surface area contributed by atoms with E-state index in [1.165, 1.54) is 0 Å². The van der Waals surface area contributed by atoms with E-state index in [9.17, 15) is 5.11 Å². The van der Waals surface area contributed by atoms with Crippen LogP contribution < -0.4 is 5.11 Å². The van der Waals surface area contributed by atoms with Crippen molar-refractivity contribution in [3.05, 3.63) is 23.0 Å². The van der Waals surface area contributed by atoms with Gasteiger partial charge in [0.1, 0.15) is 30.2 Å². The second kappa shape index (κ2) is 8.46. The summed E-state index contributed by atoms with van der Waals surface area (Å²) in [6, 6.07) is 0. The van der Waals surface area contributed by atoms with Gasteiger partial charge in [0, 0.05) is 0 Å². The van der Waals surface area contributed by atoms with Crippen LogP contribution in [0.2, 0.25) is 0 Å². The minimum absolute atomic E-state index is 0.630. The van der Waals surface area contributed by atoms with Gasteiger partial charge in [0.05, 0.1) is 13.2 Å². The molecule has 2 heterocycles. The van der Waals surface area contributed by atoms with Crippen LogP contribution in [0.5, 0.6) is 0 Å². The molecule has 0 fully saturated rings. The molecule has 6 atom stereocenters. The molecule has 140 valence electrons. The van der Waals surface area contributed by atoms with Crippen molar-refractivity contribution in [2.45, 2.75) is 37.0 Å². The Balaban J connectivity index is 0.000000240. The molecule has 0 aliphatic carbocycles. The van der Waals surface area contributed by atoms with Gasteiger partial charge < -0.3 is 60.5 Å². The topological polar surface area (TPSA) is 224 Å². The molecule has 0 amide bonds. The third-order valence-corrected chi connectivity index (χ3v) is 3.13. The smallest absolute Gasteiger partial charge is 0.218 e. The Kier molecular flexibility index (Phi) is 7.19. The summed E-state index contributed by atoms with van der Waals surface area (Å²) in [5.74, 6) is -3.12. The fraction of sp³-hybridized carbons (Fsp3) is 0.667. The molecule has 0 radical (unpaired) electrons. The second-order valence-electron chi connectivity index (χ2n) is 4.84. The molecule has 2 rings (SSSR count). The van der Waals surface area contributed by atoms with Gasteiger partial charge in [0.2, 0.25) is 12.6 Å². The molecule has 0 aromatic heterocycles.